The minimum absolute atomic E-state index is 0.0169. The Bertz CT molecular complexity index is 975. The minimum atomic E-state index is -1.09. The number of hydrogen-bond acceptors (Lipinski definition) is 6. The Balaban J connectivity index is 1.70. The Hall–Kier alpha value is -3.17. The zero-order valence-electron chi connectivity index (χ0n) is 14.3. The van der Waals surface area contributed by atoms with E-state index in [-0.39, 0.29) is 17.1 Å². The van der Waals surface area contributed by atoms with E-state index < -0.39 is 29.0 Å². The van der Waals surface area contributed by atoms with Crippen LogP contribution in [0.3, 0.4) is 0 Å². The van der Waals surface area contributed by atoms with E-state index in [1.165, 1.54) is 18.2 Å². The van der Waals surface area contributed by atoms with Gasteiger partial charge in [0.25, 0.3) is 11.1 Å². The number of carbonyl (C=O) groups is 3. The molecule has 1 saturated heterocycles. The second-order valence-electron chi connectivity index (χ2n) is 5.94. The molecule has 2 aromatic carbocycles. The first-order chi connectivity index (χ1) is 13.3. The SMILES string of the molecule is NC(Cc1ccc(Oc2ccc(/C=C3\SC(=O)NC3=O)cc2F)cc1)C(=O)O. The summed E-state index contributed by atoms with van der Waals surface area (Å²) in [4.78, 5) is 33.7. The van der Waals surface area contributed by atoms with E-state index in [0.717, 1.165) is 11.8 Å². The number of nitrogens with two attached hydrogens (primary N) is 1. The highest BCUT2D eigenvalue weighted by Crippen LogP contribution is 2.29. The van der Waals surface area contributed by atoms with Crippen LogP contribution in [0.15, 0.2) is 47.4 Å². The van der Waals surface area contributed by atoms with Crippen LogP contribution in [0.4, 0.5) is 9.18 Å². The van der Waals surface area contributed by atoms with Crippen LogP contribution in [0.25, 0.3) is 6.08 Å². The molecule has 1 heterocycles. The van der Waals surface area contributed by atoms with Crippen LogP contribution in [-0.4, -0.2) is 28.3 Å². The molecule has 2 aromatic rings. The molecule has 1 fully saturated rings. The quantitative estimate of drug-likeness (QED) is 0.636. The molecule has 0 bridgehead atoms. The molecule has 1 atom stereocenters. The molecule has 0 aliphatic carbocycles. The Morgan fingerprint density at radius 3 is 2.54 bits per heavy atom. The lowest BCUT2D eigenvalue weighted by atomic mass is 10.1. The average molecular weight is 402 g/mol. The molecule has 2 amide bonds. The van der Waals surface area contributed by atoms with Gasteiger partial charge in [-0.15, -0.1) is 0 Å². The van der Waals surface area contributed by atoms with Gasteiger partial charge in [0.2, 0.25) is 0 Å². The predicted molar refractivity (Wildman–Crippen MR) is 101 cm³/mol. The fraction of sp³-hybridized carbons (Fsp3) is 0.105. The highest BCUT2D eigenvalue weighted by atomic mass is 32.2. The molecular formula is C19H15FN2O5S. The molecule has 1 unspecified atom stereocenters. The number of amides is 2. The van der Waals surface area contributed by atoms with Gasteiger partial charge < -0.3 is 15.6 Å². The van der Waals surface area contributed by atoms with Crippen molar-refractivity contribution >= 4 is 35.0 Å². The molecule has 28 heavy (non-hydrogen) atoms. The van der Waals surface area contributed by atoms with Gasteiger partial charge >= 0.3 is 5.97 Å². The molecule has 0 radical (unpaired) electrons. The van der Waals surface area contributed by atoms with Crippen molar-refractivity contribution in [1.82, 2.24) is 5.32 Å². The number of rotatable bonds is 6. The molecular weight excluding hydrogens is 387 g/mol. The standard InChI is InChI=1S/C19H15FN2O5S/c20-13-7-11(9-16-17(23)22-19(26)28-16)3-6-15(13)27-12-4-1-10(2-5-12)8-14(21)18(24)25/h1-7,9,14H,8,21H2,(H,24,25)(H,22,23,26)/b16-9-. The normalized spacial score (nSPS) is 16.1. The second kappa shape index (κ2) is 8.24. The summed E-state index contributed by atoms with van der Waals surface area (Å²) < 4.78 is 19.8. The molecule has 9 heteroatoms. The second-order valence-corrected chi connectivity index (χ2v) is 6.95. The summed E-state index contributed by atoms with van der Waals surface area (Å²) in [7, 11) is 0. The van der Waals surface area contributed by atoms with Gasteiger partial charge in [-0.25, -0.2) is 4.39 Å². The molecule has 1 aliphatic rings. The number of carbonyl (C=O) groups excluding carboxylic acids is 2. The third-order valence-electron chi connectivity index (χ3n) is 3.82. The number of nitrogens with one attached hydrogen (secondary N) is 1. The van der Waals surface area contributed by atoms with E-state index in [9.17, 15) is 18.8 Å². The van der Waals surface area contributed by atoms with Crippen LogP contribution in [0.5, 0.6) is 11.5 Å². The average Bonchev–Trinajstić information content (AvgIpc) is 2.96. The predicted octanol–water partition coefficient (Wildman–Crippen LogP) is 2.90. The summed E-state index contributed by atoms with van der Waals surface area (Å²) in [5.74, 6) is -1.89. The topological polar surface area (TPSA) is 119 Å². The summed E-state index contributed by atoms with van der Waals surface area (Å²) in [5.41, 5.74) is 6.62. The fourth-order valence-electron chi connectivity index (χ4n) is 2.42. The molecule has 0 saturated carbocycles. The van der Waals surface area contributed by atoms with Crippen molar-refractivity contribution in [2.45, 2.75) is 12.5 Å². The zero-order chi connectivity index (χ0) is 20.3. The van der Waals surface area contributed by atoms with Gasteiger partial charge in [0.15, 0.2) is 11.6 Å². The van der Waals surface area contributed by atoms with Crippen LogP contribution in [0, 0.1) is 5.82 Å². The number of ether oxygens (including phenoxy) is 1. The number of aliphatic carboxylic acids is 1. The summed E-state index contributed by atoms with van der Waals surface area (Å²) in [6.07, 6.45) is 1.58. The maximum absolute atomic E-state index is 14.3. The highest BCUT2D eigenvalue weighted by molar-refractivity contribution is 8.18. The van der Waals surface area contributed by atoms with Crippen LogP contribution >= 0.6 is 11.8 Å². The molecule has 144 valence electrons. The van der Waals surface area contributed by atoms with Gasteiger partial charge in [0.1, 0.15) is 11.8 Å². The number of hydrogen-bond donors (Lipinski definition) is 3. The molecule has 4 N–H and O–H groups in total. The lowest BCUT2D eigenvalue weighted by Gasteiger charge is -2.10. The largest absolute Gasteiger partial charge is 0.480 e. The van der Waals surface area contributed by atoms with Crippen molar-refractivity contribution in [2.75, 3.05) is 0 Å². The Kier molecular flexibility index (Phi) is 5.76. The summed E-state index contributed by atoms with van der Waals surface area (Å²) in [6.45, 7) is 0. The summed E-state index contributed by atoms with van der Waals surface area (Å²) in [6, 6.07) is 9.65. The van der Waals surface area contributed by atoms with Crippen LogP contribution in [0.1, 0.15) is 11.1 Å². The lowest BCUT2D eigenvalue weighted by Crippen LogP contribution is -2.32. The lowest BCUT2D eigenvalue weighted by molar-refractivity contribution is -0.138. The first-order valence-electron chi connectivity index (χ1n) is 8.11. The van der Waals surface area contributed by atoms with E-state index in [1.807, 2.05) is 0 Å². The van der Waals surface area contributed by atoms with Gasteiger partial charge in [0, 0.05) is 0 Å². The van der Waals surface area contributed by atoms with Crippen molar-refractivity contribution < 1.29 is 28.6 Å². The number of benzene rings is 2. The van der Waals surface area contributed by atoms with E-state index in [2.05, 4.69) is 5.32 Å². The number of thioether (sulfide) groups is 1. The van der Waals surface area contributed by atoms with Gasteiger partial charge in [0.05, 0.1) is 4.91 Å². The van der Waals surface area contributed by atoms with E-state index in [4.69, 9.17) is 15.6 Å². The Morgan fingerprint density at radius 2 is 1.96 bits per heavy atom. The first-order valence-corrected chi connectivity index (χ1v) is 8.93. The molecule has 1 aliphatic heterocycles. The van der Waals surface area contributed by atoms with Crippen molar-refractivity contribution in [3.63, 3.8) is 0 Å². The number of imide groups is 1. The third-order valence-corrected chi connectivity index (χ3v) is 4.63. The van der Waals surface area contributed by atoms with Crippen LogP contribution in [-0.2, 0) is 16.0 Å². The van der Waals surface area contributed by atoms with Crippen molar-refractivity contribution in [1.29, 1.82) is 0 Å². The van der Waals surface area contributed by atoms with Gasteiger partial charge in [-0.2, -0.15) is 0 Å². The van der Waals surface area contributed by atoms with Crippen molar-refractivity contribution in [2.24, 2.45) is 5.73 Å². The number of halogens is 1. The summed E-state index contributed by atoms with van der Waals surface area (Å²) in [5, 5.41) is 10.5. The van der Waals surface area contributed by atoms with Crippen LogP contribution in [0.2, 0.25) is 0 Å². The molecule has 7 nitrogen and oxygen atoms in total. The van der Waals surface area contributed by atoms with Gasteiger partial charge in [-0.3, -0.25) is 19.7 Å². The minimum Gasteiger partial charge on any atom is -0.480 e. The van der Waals surface area contributed by atoms with Crippen LogP contribution < -0.4 is 15.8 Å². The van der Waals surface area contributed by atoms with Crippen molar-refractivity contribution in [3.05, 3.63) is 64.3 Å². The molecule has 0 spiro atoms. The number of carboxylic acids is 1. The van der Waals surface area contributed by atoms with E-state index >= 15 is 0 Å². The third kappa shape index (κ3) is 4.76. The van der Waals surface area contributed by atoms with Gasteiger partial charge in [-0.05, 0) is 59.7 Å². The Labute approximate surface area is 163 Å². The maximum Gasteiger partial charge on any atom is 0.320 e. The van der Waals surface area contributed by atoms with Gasteiger partial charge in [-0.1, -0.05) is 18.2 Å². The zero-order valence-corrected chi connectivity index (χ0v) is 15.2. The first kappa shape index (κ1) is 19.6. The molecule has 3 rings (SSSR count). The van der Waals surface area contributed by atoms with E-state index in [1.54, 1.807) is 30.3 Å². The molecule has 0 aromatic heterocycles. The smallest absolute Gasteiger partial charge is 0.320 e. The maximum atomic E-state index is 14.3. The van der Waals surface area contributed by atoms with Crippen molar-refractivity contribution in [3.8, 4) is 11.5 Å². The monoisotopic (exact) mass is 402 g/mol. The Morgan fingerprint density at radius 1 is 1.25 bits per heavy atom. The van der Waals surface area contributed by atoms with E-state index in [0.29, 0.717) is 16.9 Å². The number of carboxylic acid groups (broad SMARTS) is 1. The fourth-order valence-corrected chi connectivity index (χ4v) is 3.11. The summed E-state index contributed by atoms with van der Waals surface area (Å²) >= 11 is 0.750. The highest BCUT2D eigenvalue weighted by Gasteiger charge is 2.25.